The minimum absolute atomic E-state index is 0.00321. The largest absolute Gasteiger partial charge is 0.465 e. The Morgan fingerprint density at radius 3 is 2.77 bits per heavy atom. The van der Waals surface area contributed by atoms with Crippen molar-refractivity contribution in [3.63, 3.8) is 0 Å². The van der Waals surface area contributed by atoms with Crippen molar-refractivity contribution in [3.05, 3.63) is 98.0 Å². The van der Waals surface area contributed by atoms with Crippen molar-refractivity contribution in [3.8, 4) is 0 Å². The number of fused-ring (bicyclic) bond motifs is 2. The lowest BCUT2D eigenvalue weighted by atomic mass is 9.76. The van der Waals surface area contributed by atoms with Gasteiger partial charge in [0, 0.05) is 41.4 Å². The van der Waals surface area contributed by atoms with Gasteiger partial charge >= 0.3 is 5.97 Å². The predicted octanol–water partition coefficient (Wildman–Crippen LogP) is 4.60. The molecule has 232 valence electrons. The number of anilines is 1. The third-order valence-electron chi connectivity index (χ3n) is 8.33. The van der Waals surface area contributed by atoms with Crippen molar-refractivity contribution in [2.45, 2.75) is 37.0 Å². The topological polar surface area (TPSA) is 147 Å². The second kappa shape index (κ2) is 12.7. The Labute approximate surface area is 262 Å². The summed E-state index contributed by atoms with van der Waals surface area (Å²) in [6.07, 6.45) is 5.78. The molecule has 2 fully saturated rings. The molecule has 0 unspecified atom stereocenters. The molecule has 1 aromatic heterocycles. The molecule has 11 nitrogen and oxygen atoms in total. The Bertz CT molecular complexity index is 1580. The molecule has 0 bridgehead atoms. The van der Waals surface area contributed by atoms with Gasteiger partial charge in [-0.3, -0.25) is 19.8 Å². The molecule has 1 amide bonds. The lowest BCUT2D eigenvalue weighted by Gasteiger charge is -2.38. The van der Waals surface area contributed by atoms with Gasteiger partial charge in [-0.05, 0) is 49.1 Å². The van der Waals surface area contributed by atoms with Crippen molar-refractivity contribution >= 4 is 46.6 Å². The highest BCUT2D eigenvalue weighted by atomic mass is 35.5. The van der Waals surface area contributed by atoms with Crippen LogP contribution in [0.4, 0.5) is 15.9 Å². The van der Waals surface area contributed by atoms with E-state index in [4.69, 9.17) is 23.2 Å². The van der Waals surface area contributed by atoms with E-state index in [1.807, 2.05) is 4.90 Å². The smallest absolute Gasteiger partial charge is 0.338 e. The van der Waals surface area contributed by atoms with Crippen molar-refractivity contribution < 1.29 is 28.7 Å². The number of pyridine rings is 1. The number of aromatic nitrogens is 1. The summed E-state index contributed by atoms with van der Waals surface area (Å²) in [5, 5.41) is 29.0. The fraction of sp³-hybridized carbons (Fsp3) is 0.367. The van der Waals surface area contributed by atoms with Crippen LogP contribution in [0.25, 0.3) is 0 Å². The number of nitrogens with zero attached hydrogens (tertiary/aromatic N) is 3. The van der Waals surface area contributed by atoms with E-state index in [1.165, 1.54) is 43.5 Å². The predicted molar refractivity (Wildman–Crippen MR) is 162 cm³/mol. The zero-order valence-electron chi connectivity index (χ0n) is 23.6. The zero-order valence-corrected chi connectivity index (χ0v) is 25.1. The highest BCUT2D eigenvalue weighted by molar-refractivity contribution is 6.30. The fourth-order valence-corrected chi connectivity index (χ4v) is 6.49. The number of rotatable bonds is 11. The number of carbonyl (C=O) groups is 2. The van der Waals surface area contributed by atoms with Crippen LogP contribution < -0.4 is 10.6 Å². The summed E-state index contributed by atoms with van der Waals surface area (Å²) in [5.41, 5.74) is -1.37. The third kappa shape index (κ3) is 5.75. The lowest BCUT2D eigenvalue weighted by Crippen LogP contribution is -2.54. The monoisotopic (exact) mass is 645 g/mol. The zero-order chi connectivity index (χ0) is 31.8. The summed E-state index contributed by atoms with van der Waals surface area (Å²) < 4.78 is 21.3. The lowest BCUT2D eigenvalue weighted by molar-refractivity contribution is -0.385. The molecule has 14 heteroatoms. The SMILES string of the molecule is C=C(Cl)/C=C\C=C(/F)[C@H]1[C@H](NCc2ccc(C(=O)OC)cc2[N+](=O)[O-])[C@H](CO)N(CC2CC2)[C@@]12C(=O)Nc1nc(Cl)ccc12. The van der Waals surface area contributed by atoms with Crippen LogP contribution in [0, 0.1) is 22.0 Å². The van der Waals surface area contributed by atoms with Gasteiger partial charge in [-0.15, -0.1) is 0 Å². The Hall–Kier alpha value is -3.68. The molecular weight excluding hydrogens is 616 g/mol. The molecule has 3 N–H and O–H groups in total. The molecule has 1 saturated carbocycles. The summed E-state index contributed by atoms with van der Waals surface area (Å²) >= 11 is 12.0. The van der Waals surface area contributed by atoms with E-state index in [-0.39, 0.29) is 45.3 Å². The summed E-state index contributed by atoms with van der Waals surface area (Å²) in [5.74, 6) is -2.75. The van der Waals surface area contributed by atoms with Gasteiger partial charge in [-0.2, -0.15) is 0 Å². The number of esters is 1. The Morgan fingerprint density at radius 2 is 2.14 bits per heavy atom. The van der Waals surface area contributed by atoms with Crippen molar-refractivity contribution in [1.82, 2.24) is 15.2 Å². The molecule has 2 aromatic rings. The average Bonchev–Trinajstić information content (AvgIpc) is 3.70. The minimum atomic E-state index is -1.63. The first kappa shape index (κ1) is 31.7. The summed E-state index contributed by atoms with van der Waals surface area (Å²) in [7, 11) is 1.17. The number of allylic oxidation sites excluding steroid dienone is 4. The van der Waals surface area contributed by atoms with E-state index in [0.717, 1.165) is 18.9 Å². The van der Waals surface area contributed by atoms with Gasteiger partial charge in [-0.1, -0.05) is 41.9 Å². The van der Waals surface area contributed by atoms with Gasteiger partial charge in [0.05, 0.1) is 36.2 Å². The number of halogens is 3. The van der Waals surface area contributed by atoms with Crippen molar-refractivity contribution in [2.75, 3.05) is 25.6 Å². The van der Waals surface area contributed by atoms with Crippen LogP contribution >= 0.6 is 23.2 Å². The molecule has 5 rings (SSSR count). The van der Waals surface area contributed by atoms with Crippen LogP contribution in [0.1, 0.15) is 34.3 Å². The first-order valence-corrected chi connectivity index (χ1v) is 14.6. The maximum atomic E-state index is 16.6. The van der Waals surface area contributed by atoms with Gasteiger partial charge in [-0.25, -0.2) is 14.2 Å². The number of ether oxygens (including phenoxy) is 1. The molecule has 4 atom stereocenters. The quantitative estimate of drug-likeness (QED) is 0.105. The number of methoxy groups -OCH3 is 1. The number of aliphatic hydroxyl groups excluding tert-OH is 1. The molecule has 3 heterocycles. The molecule has 44 heavy (non-hydrogen) atoms. The molecule has 3 aliphatic rings. The van der Waals surface area contributed by atoms with Gasteiger partial charge in [0.25, 0.3) is 11.6 Å². The van der Waals surface area contributed by atoms with E-state index < -0.39 is 52.8 Å². The summed E-state index contributed by atoms with van der Waals surface area (Å²) in [4.78, 5) is 43.6. The molecule has 1 saturated heterocycles. The molecule has 1 spiro atoms. The van der Waals surface area contributed by atoms with Crippen LogP contribution in [0.3, 0.4) is 0 Å². The number of nitro benzene ring substituents is 1. The number of nitrogens with one attached hydrogen (secondary N) is 2. The van der Waals surface area contributed by atoms with Crippen LogP contribution in [-0.2, 0) is 21.6 Å². The van der Waals surface area contributed by atoms with E-state index >= 15 is 4.39 Å². The maximum absolute atomic E-state index is 16.6. The average molecular weight is 647 g/mol. The second-order valence-electron chi connectivity index (χ2n) is 10.9. The Kier molecular flexibility index (Phi) is 9.19. The van der Waals surface area contributed by atoms with Crippen LogP contribution in [0.15, 0.2) is 66.0 Å². The molecule has 1 aliphatic carbocycles. The molecule has 2 aliphatic heterocycles. The Morgan fingerprint density at radius 1 is 1.39 bits per heavy atom. The number of amides is 1. The first-order valence-electron chi connectivity index (χ1n) is 13.9. The van der Waals surface area contributed by atoms with Gasteiger partial charge < -0.3 is 20.5 Å². The van der Waals surface area contributed by atoms with Gasteiger partial charge in [0.1, 0.15) is 22.3 Å². The van der Waals surface area contributed by atoms with E-state index in [1.54, 1.807) is 6.07 Å². The third-order valence-corrected chi connectivity index (χ3v) is 8.66. The number of benzene rings is 1. The first-order chi connectivity index (χ1) is 21.0. The number of hydrogen-bond donors (Lipinski definition) is 3. The number of carbonyl (C=O) groups excluding carboxylic acids is 2. The van der Waals surface area contributed by atoms with Crippen LogP contribution in [0.2, 0.25) is 5.15 Å². The maximum Gasteiger partial charge on any atom is 0.338 e. The minimum Gasteiger partial charge on any atom is -0.465 e. The Balaban J connectivity index is 1.64. The number of likely N-dealkylation sites (tertiary alicyclic amines) is 1. The molecule has 1 aromatic carbocycles. The van der Waals surface area contributed by atoms with E-state index in [9.17, 15) is 24.8 Å². The van der Waals surface area contributed by atoms with Crippen molar-refractivity contribution in [1.29, 1.82) is 0 Å². The van der Waals surface area contributed by atoms with E-state index in [2.05, 4.69) is 26.9 Å². The number of nitro groups is 1. The van der Waals surface area contributed by atoms with Crippen LogP contribution in [0.5, 0.6) is 0 Å². The second-order valence-corrected chi connectivity index (χ2v) is 11.8. The highest BCUT2D eigenvalue weighted by Crippen LogP contribution is 2.56. The van der Waals surface area contributed by atoms with Gasteiger partial charge in [0.15, 0.2) is 0 Å². The van der Waals surface area contributed by atoms with Crippen LogP contribution in [-0.4, -0.2) is 64.1 Å². The summed E-state index contributed by atoms with van der Waals surface area (Å²) in [6, 6.07) is 5.37. The number of aliphatic hydroxyl groups is 1. The van der Waals surface area contributed by atoms with E-state index in [0.29, 0.717) is 12.1 Å². The highest BCUT2D eigenvalue weighted by Gasteiger charge is 2.68. The number of hydrogen-bond acceptors (Lipinski definition) is 9. The summed E-state index contributed by atoms with van der Waals surface area (Å²) in [6.45, 7) is 3.38. The molecular formula is C30H30Cl2FN5O6. The fourth-order valence-electron chi connectivity index (χ4n) is 6.27. The van der Waals surface area contributed by atoms with Gasteiger partial charge in [0.2, 0.25) is 0 Å². The van der Waals surface area contributed by atoms with Crippen molar-refractivity contribution in [2.24, 2.45) is 11.8 Å². The molecule has 0 radical (unpaired) electrons. The standard InChI is InChI=1S/C30H30Cl2FN5O6/c1-16(31)4-3-5-21(33)25-26(34-13-19-9-8-18(28(40)44-2)12-22(19)38(42)43)23(15-39)37(14-17-6-7-17)30(25)20-10-11-24(32)35-27(20)36-29(30)41/h3-5,8-12,17,23,25-26,34,39H,1,6-7,13-15H2,2H3,(H,35,36,41)/b4-3-,21-5-/t23-,25-,26+,30+/m0/s1. The normalized spacial score (nSPS) is 25.0.